The number of benzene rings is 2. The van der Waals surface area contributed by atoms with Crippen LogP contribution in [0.4, 0.5) is 0 Å². The fraction of sp³-hybridized carbons (Fsp3) is 0.600. The summed E-state index contributed by atoms with van der Waals surface area (Å²) in [5.74, 6) is 0. The first kappa shape index (κ1) is 33.9. The summed E-state index contributed by atoms with van der Waals surface area (Å²) >= 11 is 0. The molecule has 3 aliphatic heterocycles. The predicted molar refractivity (Wildman–Crippen MR) is 165 cm³/mol. The monoisotopic (exact) mass is 638 g/mol. The molecule has 3 fully saturated rings. The molecule has 0 aliphatic carbocycles. The lowest BCUT2D eigenvalue weighted by Gasteiger charge is -2.30. The Hall–Kier alpha value is -1.94. The first-order valence-electron chi connectivity index (χ1n) is 15.0. The normalized spacial score (nSPS) is 23.9. The first-order chi connectivity index (χ1) is 20.7. The van der Waals surface area contributed by atoms with Gasteiger partial charge in [0.05, 0.1) is 49.4 Å². The van der Waals surface area contributed by atoms with Crippen LogP contribution in [0.5, 0.6) is 0 Å². The van der Waals surface area contributed by atoms with Crippen LogP contribution in [0.3, 0.4) is 0 Å². The standard InChI is InChI=1S/C30H46N4O7S2/c1-27-3-7-29(8-4-27)42(35,36)33-13-11-31-15-21-39-23-17-32(18-24-40-22-16-31)12-14-34(20-26-41-25-19-33)43(37,38)30-9-5-28(2)6-10-30/h3-10H,11-26H2,1-2H3. The van der Waals surface area contributed by atoms with E-state index in [4.69, 9.17) is 14.2 Å². The number of hydrogen-bond donors (Lipinski definition) is 0. The largest absolute Gasteiger partial charge is 0.379 e. The van der Waals surface area contributed by atoms with Crippen LogP contribution in [0.25, 0.3) is 0 Å². The van der Waals surface area contributed by atoms with E-state index >= 15 is 0 Å². The number of aryl methyl sites for hydroxylation is 2. The van der Waals surface area contributed by atoms with Crippen LogP contribution in [0.15, 0.2) is 58.3 Å². The van der Waals surface area contributed by atoms with Crippen molar-refractivity contribution in [2.45, 2.75) is 23.6 Å². The summed E-state index contributed by atoms with van der Waals surface area (Å²) in [6, 6.07) is 13.7. The highest BCUT2D eigenvalue weighted by molar-refractivity contribution is 7.89. The molecule has 0 N–H and O–H groups in total. The Bertz CT molecular complexity index is 1220. The van der Waals surface area contributed by atoms with Crippen molar-refractivity contribution in [2.24, 2.45) is 0 Å². The van der Waals surface area contributed by atoms with Crippen molar-refractivity contribution in [1.82, 2.24) is 18.4 Å². The van der Waals surface area contributed by atoms with Gasteiger partial charge in [-0.3, -0.25) is 9.80 Å². The molecule has 2 aromatic carbocycles. The number of nitrogens with zero attached hydrogens (tertiary/aromatic N) is 4. The second-order valence-electron chi connectivity index (χ2n) is 11.0. The molecule has 43 heavy (non-hydrogen) atoms. The molecule has 0 spiro atoms. The van der Waals surface area contributed by atoms with Crippen molar-refractivity contribution in [2.75, 3.05) is 105 Å². The van der Waals surface area contributed by atoms with Gasteiger partial charge < -0.3 is 14.2 Å². The van der Waals surface area contributed by atoms with Gasteiger partial charge in [-0.2, -0.15) is 8.61 Å². The molecule has 0 unspecified atom stereocenters. The smallest absolute Gasteiger partial charge is 0.243 e. The Labute approximate surface area is 257 Å². The molecule has 3 saturated heterocycles. The van der Waals surface area contributed by atoms with Crippen molar-refractivity contribution < 1.29 is 31.0 Å². The maximum Gasteiger partial charge on any atom is 0.243 e. The third-order valence-electron chi connectivity index (χ3n) is 7.83. The minimum atomic E-state index is -3.77. The third-order valence-corrected chi connectivity index (χ3v) is 11.7. The number of ether oxygens (including phenoxy) is 3. The average Bonchev–Trinajstić information content (AvgIpc) is 2.97. The average molecular weight is 639 g/mol. The molecule has 2 aromatic rings. The summed E-state index contributed by atoms with van der Waals surface area (Å²) in [7, 11) is -7.54. The molecular formula is C30H46N4O7S2. The summed E-state index contributed by atoms with van der Waals surface area (Å²) < 4.78 is 75.4. The topological polar surface area (TPSA) is 109 Å². The van der Waals surface area contributed by atoms with Gasteiger partial charge in [-0.05, 0) is 38.1 Å². The SMILES string of the molecule is Cc1ccc(S(=O)(=O)N2CCOCCN(S(=O)(=O)c3ccc(C)cc3)CCN3CCOCCN(CCOCC3)CC2)cc1. The lowest BCUT2D eigenvalue weighted by Crippen LogP contribution is -2.44. The van der Waals surface area contributed by atoms with Gasteiger partial charge in [-0.15, -0.1) is 0 Å². The van der Waals surface area contributed by atoms with Crippen LogP contribution in [-0.2, 0) is 34.3 Å². The molecule has 2 bridgehead atoms. The molecule has 0 aromatic heterocycles. The highest BCUT2D eigenvalue weighted by Crippen LogP contribution is 2.18. The summed E-state index contributed by atoms with van der Waals surface area (Å²) in [6.07, 6.45) is 0. The summed E-state index contributed by atoms with van der Waals surface area (Å²) in [6.45, 7) is 10.7. The van der Waals surface area contributed by atoms with Crippen LogP contribution >= 0.6 is 0 Å². The van der Waals surface area contributed by atoms with Gasteiger partial charge in [0.15, 0.2) is 0 Å². The van der Waals surface area contributed by atoms with E-state index in [1.165, 1.54) is 8.61 Å². The van der Waals surface area contributed by atoms with Crippen molar-refractivity contribution >= 4 is 20.0 Å². The van der Waals surface area contributed by atoms with Gasteiger partial charge in [0.1, 0.15) is 0 Å². The van der Waals surface area contributed by atoms with Gasteiger partial charge in [0.25, 0.3) is 0 Å². The van der Waals surface area contributed by atoms with Gasteiger partial charge in [-0.1, -0.05) is 35.4 Å². The molecule has 0 atom stereocenters. The van der Waals surface area contributed by atoms with E-state index in [1.807, 2.05) is 13.8 Å². The Kier molecular flexibility index (Phi) is 12.9. The molecule has 0 saturated carbocycles. The van der Waals surface area contributed by atoms with E-state index < -0.39 is 20.0 Å². The summed E-state index contributed by atoms with van der Waals surface area (Å²) in [5, 5.41) is 0. The molecule has 0 amide bonds. The quantitative estimate of drug-likeness (QED) is 0.462. The van der Waals surface area contributed by atoms with E-state index in [0.29, 0.717) is 65.7 Å². The molecule has 240 valence electrons. The highest BCUT2D eigenvalue weighted by Gasteiger charge is 2.27. The van der Waals surface area contributed by atoms with Crippen molar-refractivity contribution in [3.05, 3.63) is 59.7 Å². The third kappa shape index (κ3) is 10.0. The van der Waals surface area contributed by atoms with Crippen LogP contribution in [0, 0.1) is 13.8 Å². The van der Waals surface area contributed by atoms with Crippen LogP contribution in [0.2, 0.25) is 0 Å². The van der Waals surface area contributed by atoms with E-state index in [-0.39, 0.29) is 49.2 Å². The number of hydrogen-bond acceptors (Lipinski definition) is 9. The minimum absolute atomic E-state index is 0.141. The lowest BCUT2D eigenvalue weighted by molar-refractivity contribution is 0.0341. The first-order valence-corrected chi connectivity index (χ1v) is 17.9. The van der Waals surface area contributed by atoms with Gasteiger partial charge in [0, 0.05) is 65.4 Å². The Morgan fingerprint density at radius 3 is 1.07 bits per heavy atom. The second-order valence-corrected chi connectivity index (χ2v) is 14.8. The second kappa shape index (κ2) is 16.4. The zero-order valence-electron chi connectivity index (χ0n) is 25.4. The number of sulfonamides is 2. The maximum absolute atomic E-state index is 13.7. The molecule has 0 radical (unpaired) electrons. The zero-order chi connectivity index (χ0) is 30.7. The molecule has 5 rings (SSSR count). The molecule has 3 heterocycles. The maximum atomic E-state index is 13.7. The molecular weight excluding hydrogens is 592 g/mol. The van der Waals surface area contributed by atoms with Gasteiger partial charge >= 0.3 is 0 Å². The van der Waals surface area contributed by atoms with E-state index in [1.54, 1.807) is 48.5 Å². The molecule has 11 nitrogen and oxygen atoms in total. The van der Waals surface area contributed by atoms with E-state index in [2.05, 4.69) is 9.80 Å². The molecule has 3 aliphatic rings. The number of rotatable bonds is 4. The summed E-state index contributed by atoms with van der Waals surface area (Å²) in [4.78, 5) is 4.82. The Morgan fingerprint density at radius 2 is 0.744 bits per heavy atom. The van der Waals surface area contributed by atoms with E-state index in [0.717, 1.165) is 11.1 Å². The Morgan fingerprint density at radius 1 is 0.442 bits per heavy atom. The van der Waals surface area contributed by atoms with Crippen molar-refractivity contribution in [3.8, 4) is 0 Å². The van der Waals surface area contributed by atoms with Gasteiger partial charge in [0.2, 0.25) is 20.0 Å². The van der Waals surface area contributed by atoms with E-state index in [9.17, 15) is 16.8 Å². The minimum Gasteiger partial charge on any atom is -0.379 e. The van der Waals surface area contributed by atoms with Gasteiger partial charge in [-0.25, -0.2) is 16.8 Å². The Balaban J connectivity index is 1.56. The number of fused-ring (bicyclic) bond motifs is 18. The van der Waals surface area contributed by atoms with Crippen LogP contribution < -0.4 is 0 Å². The lowest BCUT2D eigenvalue weighted by atomic mass is 10.2. The summed E-state index contributed by atoms with van der Waals surface area (Å²) in [5.41, 5.74) is 1.96. The molecule has 13 heteroatoms. The predicted octanol–water partition coefficient (Wildman–Crippen LogP) is 1.67. The fourth-order valence-electron chi connectivity index (χ4n) is 5.01. The fourth-order valence-corrected chi connectivity index (χ4v) is 7.84. The van der Waals surface area contributed by atoms with Crippen LogP contribution in [-0.4, -0.2) is 140 Å². The van der Waals surface area contributed by atoms with Crippen LogP contribution in [0.1, 0.15) is 11.1 Å². The van der Waals surface area contributed by atoms with Crippen molar-refractivity contribution in [1.29, 1.82) is 0 Å². The van der Waals surface area contributed by atoms with Crippen molar-refractivity contribution in [3.63, 3.8) is 0 Å². The zero-order valence-corrected chi connectivity index (χ0v) is 27.0. The highest BCUT2D eigenvalue weighted by atomic mass is 32.2.